The summed E-state index contributed by atoms with van der Waals surface area (Å²) in [5.41, 5.74) is 0. The van der Waals surface area contributed by atoms with E-state index in [1.165, 1.54) is 22.6 Å². The molecule has 0 N–H and O–H groups in total. The summed E-state index contributed by atoms with van der Waals surface area (Å²) in [6.07, 6.45) is 4.36. The number of hydrogen-bond acceptors (Lipinski definition) is 1. The van der Waals surface area contributed by atoms with Gasteiger partial charge in [0.25, 0.3) is 0 Å². The van der Waals surface area contributed by atoms with Crippen LogP contribution in [-0.4, -0.2) is 37.8 Å². The maximum atomic E-state index is 11.8. The van der Waals surface area contributed by atoms with Crippen molar-refractivity contribution < 1.29 is 4.79 Å². The van der Waals surface area contributed by atoms with Crippen molar-refractivity contribution in [3.63, 3.8) is 0 Å². The fourth-order valence-corrected chi connectivity index (χ4v) is 5.17. The molecule has 2 aliphatic rings. The van der Waals surface area contributed by atoms with Crippen LogP contribution in [0, 0.1) is 0 Å². The van der Waals surface area contributed by atoms with Crippen LogP contribution in [0.25, 0.3) is 0 Å². The summed E-state index contributed by atoms with van der Waals surface area (Å²) in [5, 5.41) is 1.19. The third kappa shape index (κ3) is 2.27. The average molecular weight is 294 g/mol. The predicted octanol–water partition coefficient (Wildman–Crippen LogP) is 1.59. The quantitative estimate of drug-likeness (QED) is 0.775. The molecule has 2 fully saturated rings. The zero-order valence-corrected chi connectivity index (χ0v) is 11.6. The third-order valence-corrected chi connectivity index (χ3v) is 6.21. The Morgan fingerprint density at radius 1 is 1.18 bits per heavy atom. The van der Waals surface area contributed by atoms with Crippen molar-refractivity contribution in [3.8, 4) is 0 Å². The molecule has 0 aliphatic carbocycles. The molecule has 0 aromatic heterocycles. The fraction of sp³-hybridized carbons (Fsp3) is 0.500. The molecule has 2 nitrogen and oxygen atoms in total. The first-order valence-corrected chi connectivity index (χ1v) is 8.40. The summed E-state index contributed by atoms with van der Waals surface area (Å²) in [6, 6.07) is 11.8. The summed E-state index contributed by atoms with van der Waals surface area (Å²) >= 11 is 0.518. The Morgan fingerprint density at radius 2 is 2.00 bits per heavy atom. The predicted molar refractivity (Wildman–Crippen MR) is 69.5 cm³/mol. The molecule has 2 aliphatic heterocycles. The topological polar surface area (TPSA) is 20.3 Å². The van der Waals surface area contributed by atoms with Crippen LogP contribution >= 0.6 is 0 Å². The van der Waals surface area contributed by atoms with Gasteiger partial charge in [0.1, 0.15) is 0 Å². The minimum absolute atomic E-state index is 0.404. The Kier molecular flexibility index (Phi) is 3.21. The van der Waals surface area contributed by atoms with Gasteiger partial charge in [-0.15, -0.1) is 0 Å². The summed E-state index contributed by atoms with van der Waals surface area (Å²) in [7, 11) is 0. The van der Waals surface area contributed by atoms with Gasteiger partial charge in [0.2, 0.25) is 0 Å². The molecule has 1 aromatic carbocycles. The Bertz CT molecular complexity index is 406. The van der Waals surface area contributed by atoms with Crippen LogP contribution in [0.5, 0.6) is 0 Å². The molecule has 0 saturated carbocycles. The van der Waals surface area contributed by atoms with E-state index in [4.69, 9.17) is 0 Å². The molecular weight excluding hydrogens is 277 g/mol. The van der Waals surface area contributed by atoms with Crippen LogP contribution in [0.4, 0.5) is 0 Å². The van der Waals surface area contributed by atoms with Crippen molar-refractivity contribution in [1.82, 2.24) is 4.90 Å². The van der Waals surface area contributed by atoms with Crippen molar-refractivity contribution in [2.45, 2.75) is 43.1 Å². The second-order valence-electron chi connectivity index (χ2n) is 4.85. The van der Waals surface area contributed by atoms with E-state index < -0.39 is 0 Å². The minimum atomic E-state index is 0.404. The van der Waals surface area contributed by atoms with Gasteiger partial charge in [-0.2, -0.15) is 0 Å². The van der Waals surface area contributed by atoms with Gasteiger partial charge in [-0.05, 0) is 0 Å². The van der Waals surface area contributed by atoms with Gasteiger partial charge in [-0.25, -0.2) is 0 Å². The summed E-state index contributed by atoms with van der Waals surface area (Å²) in [4.78, 5) is 14.0. The molecule has 0 unspecified atom stereocenters. The van der Waals surface area contributed by atoms with Gasteiger partial charge in [-0.1, -0.05) is 0 Å². The molecule has 2 saturated heterocycles. The molecule has 2 atom stereocenters. The van der Waals surface area contributed by atoms with E-state index in [0.29, 0.717) is 32.9 Å². The van der Waals surface area contributed by atoms with E-state index in [-0.39, 0.29) is 0 Å². The van der Waals surface area contributed by atoms with E-state index in [9.17, 15) is 4.79 Å². The van der Waals surface area contributed by atoms with Gasteiger partial charge in [-0.3, -0.25) is 0 Å². The summed E-state index contributed by atoms with van der Waals surface area (Å²) in [5.74, 6) is 0.404. The number of carbonyl (C=O) groups is 1. The van der Waals surface area contributed by atoms with E-state index in [1.807, 2.05) is 0 Å². The van der Waals surface area contributed by atoms with Gasteiger partial charge >= 0.3 is 108 Å². The molecule has 1 aromatic rings. The number of amides is 1. The van der Waals surface area contributed by atoms with Crippen LogP contribution in [0.3, 0.4) is 0 Å². The van der Waals surface area contributed by atoms with E-state index in [2.05, 4.69) is 35.2 Å². The molecule has 90 valence electrons. The van der Waals surface area contributed by atoms with Crippen molar-refractivity contribution in [2.75, 3.05) is 0 Å². The molecule has 1 amide bonds. The Balaban J connectivity index is 1.61. The Labute approximate surface area is 109 Å². The van der Waals surface area contributed by atoms with Crippen molar-refractivity contribution in [1.29, 1.82) is 0 Å². The second-order valence-corrected chi connectivity index (χ2v) is 7.14. The number of fused-ring (bicyclic) bond motifs is 1. The Hall–Kier alpha value is -0.791. The van der Waals surface area contributed by atoms with Crippen LogP contribution < -0.4 is 4.46 Å². The molecule has 2 heterocycles. The van der Waals surface area contributed by atoms with Crippen molar-refractivity contribution in [3.05, 3.63) is 30.3 Å². The number of benzene rings is 1. The van der Waals surface area contributed by atoms with Gasteiger partial charge in [0.15, 0.2) is 0 Å². The molecule has 0 spiro atoms. The molecule has 3 rings (SSSR count). The molecule has 3 heteroatoms. The maximum absolute atomic E-state index is 11.8. The number of nitrogens with zero attached hydrogens (tertiary/aromatic N) is 1. The van der Waals surface area contributed by atoms with E-state index >= 15 is 0 Å². The fourth-order valence-electron chi connectivity index (χ4n) is 2.94. The molecule has 0 bridgehead atoms. The van der Waals surface area contributed by atoms with Gasteiger partial charge in [0, 0.05) is 0 Å². The van der Waals surface area contributed by atoms with Gasteiger partial charge in [0.05, 0.1) is 0 Å². The van der Waals surface area contributed by atoms with E-state index in [1.54, 1.807) is 0 Å². The molecule has 0 radical (unpaired) electrons. The van der Waals surface area contributed by atoms with Crippen LogP contribution in [-0.2, 0) is 4.79 Å². The summed E-state index contributed by atoms with van der Waals surface area (Å²) in [6.45, 7) is 0. The first kappa shape index (κ1) is 11.3. The monoisotopic (exact) mass is 295 g/mol. The van der Waals surface area contributed by atoms with Gasteiger partial charge < -0.3 is 0 Å². The SMILES string of the molecule is O=C1CC[C@@H]2CC[C@@H](C[Se]c3ccccc3)N12. The number of hydrogen-bond donors (Lipinski definition) is 0. The first-order chi connectivity index (χ1) is 8.34. The second kappa shape index (κ2) is 4.83. The summed E-state index contributed by atoms with van der Waals surface area (Å²) < 4.78 is 1.45. The first-order valence-electron chi connectivity index (χ1n) is 6.33. The zero-order chi connectivity index (χ0) is 11.7. The van der Waals surface area contributed by atoms with Crippen LogP contribution in [0.2, 0.25) is 5.32 Å². The number of rotatable bonds is 3. The standard InChI is InChI=1S/C14H17NOSe/c16-14-9-8-11-6-7-12(15(11)14)10-17-13-4-2-1-3-5-13/h1-5,11-12H,6-10H2/t11-,12-/m0/s1. The van der Waals surface area contributed by atoms with Crippen molar-refractivity contribution >= 4 is 25.3 Å². The van der Waals surface area contributed by atoms with Crippen molar-refractivity contribution in [2.24, 2.45) is 0 Å². The number of carbonyl (C=O) groups excluding carboxylic acids is 1. The normalized spacial score (nSPS) is 27.5. The third-order valence-electron chi connectivity index (χ3n) is 3.78. The molecule has 17 heavy (non-hydrogen) atoms. The molecular formula is C14H17NOSe. The van der Waals surface area contributed by atoms with E-state index in [0.717, 1.165) is 12.8 Å². The van der Waals surface area contributed by atoms with Crippen LogP contribution in [0.1, 0.15) is 25.7 Å². The Morgan fingerprint density at radius 3 is 2.82 bits per heavy atom. The zero-order valence-electron chi connectivity index (χ0n) is 9.84. The van der Waals surface area contributed by atoms with Crippen LogP contribution in [0.15, 0.2) is 30.3 Å². The average Bonchev–Trinajstić information content (AvgIpc) is 2.92.